The molecule has 1 aromatic rings. The molecule has 0 amide bonds. The Labute approximate surface area is 79.1 Å². The van der Waals surface area contributed by atoms with Gasteiger partial charge in [-0.25, -0.2) is 0 Å². The third-order valence-electron chi connectivity index (χ3n) is 2.78. The summed E-state index contributed by atoms with van der Waals surface area (Å²) in [7, 11) is 0. The first kappa shape index (κ1) is 8.75. The second kappa shape index (κ2) is 3.92. The topological polar surface area (TPSA) is 31.9 Å². The predicted molar refractivity (Wildman–Crippen MR) is 52.5 cm³/mol. The standard InChI is InChI=1S/C10H17N3/c1-9-10(7-11-12-9)8-13-5-3-2-4-6-13/h7H,2-6,8H2,1H3,(H,11,12). The molecule has 72 valence electrons. The maximum Gasteiger partial charge on any atom is 0.0535 e. The molecule has 1 aliphatic rings. The second-order valence-electron chi connectivity index (χ2n) is 3.86. The third kappa shape index (κ3) is 2.10. The van der Waals surface area contributed by atoms with Gasteiger partial charge in [-0.1, -0.05) is 6.42 Å². The van der Waals surface area contributed by atoms with E-state index in [1.807, 2.05) is 6.20 Å². The van der Waals surface area contributed by atoms with E-state index >= 15 is 0 Å². The van der Waals surface area contributed by atoms with Gasteiger partial charge in [-0.2, -0.15) is 5.10 Å². The van der Waals surface area contributed by atoms with Gasteiger partial charge in [-0.3, -0.25) is 10.00 Å². The van der Waals surface area contributed by atoms with Crippen LogP contribution >= 0.6 is 0 Å². The molecule has 1 saturated heterocycles. The molecular weight excluding hydrogens is 162 g/mol. The molecule has 0 saturated carbocycles. The van der Waals surface area contributed by atoms with Gasteiger partial charge in [0.15, 0.2) is 0 Å². The predicted octanol–water partition coefficient (Wildman–Crippen LogP) is 1.70. The number of hydrogen-bond acceptors (Lipinski definition) is 2. The molecule has 3 nitrogen and oxygen atoms in total. The number of aryl methyl sites for hydroxylation is 1. The van der Waals surface area contributed by atoms with Crippen LogP contribution in [0, 0.1) is 6.92 Å². The molecule has 2 rings (SSSR count). The molecule has 3 heteroatoms. The van der Waals surface area contributed by atoms with Crippen LogP contribution in [0.3, 0.4) is 0 Å². The quantitative estimate of drug-likeness (QED) is 0.749. The number of aromatic amines is 1. The van der Waals surface area contributed by atoms with Crippen molar-refractivity contribution in [2.75, 3.05) is 13.1 Å². The molecule has 1 fully saturated rings. The smallest absolute Gasteiger partial charge is 0.0535 e. The Morgan fingerprint density at radius 2 is 2.15 bits per heavy atom. The van der Waals surface area contributed by atoms with Crippen LogP contribution in [0.4, 0.5) is 0 Å². The molecule has 0 radical (unpaired) electrons. The average Bonchev–Trinajstić information content (AvgIpc) is 2.54. The van der Waals surface area contributed by atoms with Crippen LogP contribution in [0.1, 0.15) is 30.5 Å². The van der Waals surface area contributed by atoms with Crippen LogP contribution in [0.15, 0.2) is 6.20 Å². The van der Waals surface area contributed by atoms with E-state index in [2.05, 4.69) is 22.0 Å². The fourth-order valence-electron chi connectivity index (χ4n) is 1.89. The van der Waals surface area contributed by atoms with Gasteiger partial charge in [0.05, 0.1) is 6.20 Å². The number of likely N-dealkylation sites (tertiary alicyclic amines) is 1. The molecule has 0 aromatic carbocycles. The largest absolute Gasteiger partial charge is 0.299 e. The van der Waals surface area contributed by atoms with Gasteiger partial charge in [0.25, 0.3) is 0 Å². The first-order valence-corrected chi connectivity index (χ1v) is 5.07. The number of H-pyrrole nitrogens is 1. The van der Waals surface area contributed by atoms with Crippen LogP contribution in [0.25, 0.3) is 0 Å². The van der Waals surface area contributed by atoms with E-state index in [-0.39, 0.29) is 0 Å². The summed E-state index contributed by atoms with van der Waals surface area (Å²) in [6.07, 6.45) is 6.07. The molecule has 0 unspecified atom stereocenters. The van der Waals surface area contributed by atoms with Crippen molar-refractivity contribution >= 4 is 0 Å². The summed E-state index contributed by atoms with van der Waals surface area (Å²) < 4.78 is 0. The van der Waals surface area contributed by atoms with E-state index in [1.54, 1.807) is 0 Å². The van der Waals surface area contributed by atoms with Gasteiger partial charge in [0.2, 0.25) is 0 Å². The maximum absolute atomic E-state index is 4.04. The van der Waals surface area contributed by atoms with Crippen LogP contribution in [-0.4, -0.2) is 28.2 Å². The van der Waals surface area contributed by atoms with Crippen LogP contribution < -0.4 is 0 Å². The van der Waals surface area contributed by atoms with Gasteiger partial charge < -0.3 is 0 Å². The lowest BCUT2D eigenvalue weighted by Crippen LogP contribution is -2.29. The molecule has 13 heavy (non-hydrogen) atoms. The normalized spacial score (nSPS) is 19.2. The molecule has 1 aromatic heterocycles. The van der Waals surface area contributed by atoms with E-state index < -0.39 is 0 Å². The summed E-state index contributed by atoms with van der Waals surface area (Å²) in [6.45, 7) is 5.67. The molecule has 0 bridgehead atoms. The summed E-state index contributed by atoms with van der Waals surface area (Å²) in [5.74, 6) is 0. The Morgan fingerprint density at radius 3 is 2.77 bits per heavy atom. The van der Waals surface area contributed by atoms with E-state index in [4.69, 9.17) is 0 Å². The van der Waals surface area contributed by atoms with Gasteiger partial charge >= 0.3 is 0 Å². The van der Waals surface area contributed by atoms with Gasteiger partial charge in [0, 0.05) is 17.8 Å². The first-order chi connectivity index (χ1) is 6.36. The second-order valence-corrected chi connectivity index (χ2v) is 3.86. The Morgan fingerprint density at radius 1 is 1.38 bits per heavy atom. The first-order valence-electron chi connectivity index (χ1n) is 5.07. The highest BCUT2D eigenvalue weighted by Crippen LogP contribution is 2.13. The monoisotopic (exact) mass is 179 g/mol. The van der Waals surface area contributed by atoms with Gasteiger partial charge in [-0.05, 0) is 32.9 Å². The van der Waals surface area contributed by atoms with Crippen LogP contribution in [-0.2, 0) is 6.54 Å². The molecule has 1 N–H and O–H groups in total. The molecular formula is C10H17N3. The highest BCUT2D eigenvalue weighted by Gasteiger charge is 2.11. The van der Waals surface area contributed by atoms with Gasteiger partial charge in [-0.15, -0.1) is 0 Å². The summed E-state index contributed by atoms with van der Waals surface area (Å²) in [4.78, 5) is 2.52. The highest BCUT2D eigenvalue weighted by atomic mass is 15.1. The summed E-state index contributed by atoms with van der Waals surface area (Å²) in [5, 5.41) is 7.02. The number of nitrogens with zero attached hydrogens (tertiary/aromatic N) is 2. The fraction of sp³-hybridized carbons (Fsp3) is 0.700. The Bertz CT molecular complexity index is 261. The van der Waals surface area contributed by atoms with Crippen molar-refractivity contribution in [2.24, 2.45) is 0 Å². The molecule has 0 spiro atoms. The van der Waals surface area contributed by atoms with E-state index in [0.717, 1.165) is 6.54 Å². The van der Waals surface area contributed by atoms with Crippen molar-refractivity contribution in [1.29, 1.82) is 0 Å². The maximum atomic E-state index is 4.04. The van der Waals surface area contributed by atoms with Crippen LogP contribution in [0.5, 0.6) is 0 Å². The molecule has 0 aliphatic carbocycles. The number of aromatic nitrogens is 2. The van der Waals surface area contributed by atoms with Crippen molar-refractivity contribution in [3.63, 3.8) is 0 Å². The Balaban J connectivity index is 1.93. The van der Waals surface area contributed by atoms with Crippen molar-refractivity contribution < 1.29 is 0 Å². The molecule has 0 atom stereocenters. The van der Waals surface area contributed by atoms with E-state index in [0.29, 0.717) is 0 Å². The molecule has 2 heterocycles. The zero-order valence-corrected chi connectivity index (χ0v) is 8.21. The van der Waals surface area contributed by atoms with Crippen molar-refractivity contribution in [1.82, 2.24) is 15.1 Å². The lowest BCUT2D eigenvalue weighted by Gasteiger charge is -2.25. The van der Waals surface area contributed by atoms with E-state index in [1.165, 1.54) is 43.6 Å². The fourth-order valence-corrected chi connectivity index (χ4v) is 1.89. The Kier molecular flexibility index (Phi) is 2.64. The SMILES string of the molecule is Cc1[nH]ncc1CN1CCCCC1. The highest BCUT2D eigenvalue weighted by molar-refractivity contribution is 5.13. The average molecular weight is 179 g/mol. The number of piperidine rings is 1. The van der Waals surface area contributed by atoms with Crippen molar-refractivity contribution in [2.45, 2.75) is 32.7 Å². The van der Waals surface area contributed by atoms with Gasteiger partial charge in [0.1, 0.15) is 0 Å². The minimum atomic E-state index is 1.07. The Hall–Kier alpha value is -0.830. The summed E-state index contributed by atoms with van der Waals surface area (Å²) in [6, 6.07) is 0. The lowest BCUT2D eigenvalue weighted by atomic mass is 10.1. The number of hydrogen-bond donors (Lipinski definition) is 1. The zero-order valence-electron chi connectivity index (χ0n) is 8.21. The lowest BCUT2D eigenvalue weighted by molar-refractivity contribution is 0.220. The third-order valence-corrected chi connectivity index (χ3v) is 2.78. The minimum absolute atomic E-state index is 1.07. The summed E-state index contributed by atoms with van der Waals surface area (Å²) >= 11 is 0. The van der Waals surface area contributed by atoms with Crippen molar-refractivity contribution in [3.05, 3.63) is 17.5 Å². The minimum Gasteiger partial charge on any atom is -0.299 e. The van der Waals surface area contributed by atoms with Crippen molar-refractivity contribution in [3.8, 4) is 0 Å². The number of nitrogens with one attached hydrogen (secondary N) is 1. The van der Waals surface area contributed by atoms with Crippen LogP contribution in [0.2, 0.25) is 0 Å². The summed E-state index contributed by atoms with van der Waals surface area (Å²) in [5.41, 5.74) is 2.56. The van der Waals surface area contributed by atoms with E-state index in [9.17, 15) is 0 Å². The number of rotatable bonds is 2. The molecule has 1 aliphatic heterocycles. The zero-order chi connectivity index (χ0) is 9.10.